The van der Waals surface area contributed by atoms with E-state index < -0.39 is 0 Å². The van der Waals surface area contributed by atoms with E-state index in [1.807, 2.05) is 24.3 Å². The van der Waals surface area contributed by atoms with Crippen LogP contribution in [0.25, 0.3) is 0 Å². The van der Waals surface area contributed by atoms with Crippen molar-refractivity contribution in [3.8, 4) is 0 Å². The Balaban J connectivity index is 2.13. The van der Waals surface area contributed by atoms with E-state index in [0.29, 0.717) is 6.10 Å². The molecule has 17 heavy (non-hydrogen) atoms. The molecule has 2 atom stereocenters. The summed E-state index contributed by atoms with van der Waals surface area (Å²) >= 11 is 6.02. The van der Waals surface area contributed by atoms with Crippen LogP contribution in [0.1, 0.15) is 44.3 Å². The van der Waals surface area contributed by atoms with Crippen molar-refractivity contribution in [2.24, 2.45) is 5.73 Å². The molecule has 0 amide bonds. The fraction of sp³-hybridized carbons (Fsp3) is 0.571. The Bertz CT molecular complexity index is 365. The summed E-state index contributed by atoms with van der Waals surface area (Å²) in [6.07, 6.45) is 4.86. The molecule has 1 saturated carbocycles. The maximum Gasteiger partial charge on any atom is 0.0979 e. The lowest BCUT2D eigenvalue weighted by Crippen LogP contribution is -2.34. The highest BCUT2D eigenvalue weighted by Crippen LogP contribution is 2.32. The van der Waals surface area contributed by atoms with Crippen molar-refractivity contribution in [3.05, 3.63) is 34.9 Å². The van der Waals surface area contributed by atoms with Crippen molar-refractivity contribution in [2.45, 2.75) is 50.9 Å². The van der Waals surface area contributed by atoms with Crippen LogP contribution >= 0.6 is 11.6 Å². The molecule has 0 bridgehead atoms. The first-order valence-electron chi connectivity index (χ1n) is 6.37. The fourth-order valence-electron chi connectivity index (χ4n) is 2.04. The summed E-state index contributed by atoms with van der Waals surface area (Å²) < 4.78 is 6.10. The van der Waals surface area contributed by atoms with Crippen LogP contribution in [0.4, 0.5) is 0 Å². The first-order chi connectivity index (χ1) is 8.20. The lowest BCUT2D eigenvalue weighted by molar-refractivity contribution is -0.0638. The van der Waals surface area contributed by atoms with Gasteiger partial charge in [-0.2, -0.15) is 0 Å². The van der Waals surface area contributed by atoms with Crippen LogP contribution in [-0.2, 0) is 4.74 Å². The van der Waals surface area contributed by atoms with Crippen molar-refractivity contribution in [1.82, 2.24) is 0 Å². The maximum absolute atomic E-state index is 6.16. The SMILES string of the molecule is CCC(N)C(OC1CCC1)c1cccc(Cl)c1. The molecular formula is C14H20ClNO. The number of halogens is 1. The second-order valence-corrected chi connectivity index (χ2v) is 5.17. The predicted molar refractivity (Wildman–Crippen MR) is 71.2 cm³/mol. The van der Waals surface area contributed by atoms with Crippen molar-refractivity contribution in [2.75, 3.05) is 0 Å². The van der Waals surface area contributed by atoms with E-state index in [1.54, 1.807) is 0 Å². The second-order valence-electron chi connectivity index (χ2n) is 4.74. The summed E-state index contributed by atoms with van der Waals surface area (Å²) in [4.78, 5) is 0. The van der Waals surface area contributed by atoms with Gasteiger partial charge in [-0.1, -0.05) is 30.7 Å². The van der Waals surface area contributed by atoms with Gasteiger partial charge in [0, 0.05) is 11.1 Å². The summed E-state index contributed by atoms with van der Waals surface area (Å²) in [7, 11) is 0. The van der Waals surface area contributed by atoms with Gasteiger partial charge in [-0.3, -0.25) is 0 Å². The van der Waals surface area contributed by atoms with Crippen molar-refractivity contribution in [3.63, 3.8) is 0 Å². The molecular weight excluding hydrogens is 234 g/mol. The van der Waals surface area contributed by atoms with Gasteiger partial charge in [-0.25, -0.2) is 0 Å². The van der Waals surface area contributed by atoms with Gasteiger partial charge in [-0.15, -0.1) is 0 Å². The normalized spacial score (nSPS) is 19.7. The summed E-state index contributed by atoms with van der Waals surface area (Å²) in [5.41, 5.74) is 7.25. The highest BCUT2D eigenvalue weighted by atomic mass is 35.5. The molecule has 1 aromatic rings. The van der Waals surface area contributed by atoms with Crippen LogP contribution in [0.3, 0.4) is 0 Å². The number of ether oxygens (including phenoxy) is 1. The molecule has 0 aromatic heterocycles. The quantitative estimate of drug-likeness (QED) is 0.869. The van der Waals surface area contributed by atoms with Crippen molar-refractivity contribution in [1.29, 1.82) is 0 Å². The molecule has 2 rings (SSSR count). The Morgan fingerprint density at radius 3 is 2.76 bits per heavy atom. The molecule has 1 aliphatic carbocycles. The predicted octanol–water partition coefficient (Wildman–Crippen LogP) is 3.69. The zero-order chi connectivity index (χ0) is 12.3. The monoisotopic (exact) mass is 253 g/mol. The maximum atomic E-state index is 6.16. The highest BCUT2D eigenvalue weighted by Gasteiger charge is 2.27. The van der Waals surface area contributed by atoms with Crippen LogP contribution in [0.5, 0.6) is 0 Å². The zero-order valence-corrected chi connectivity index (χ0v) is 11.0. The summed E-state index contributed by atoms with van der Waals surface area (Å²) in [6.45, 7) is 2.09. The lowest BCUT2D eigenvalue weighted by Gasteiger charge is -2.33. The smallest absolute Gasteiger partial charge is 0.0979 e. The largest absolute Gasteiger partial charge is 0.369 e. The van der Waals surface area contributed by atoms with E-state index in [4.69, 9.17) is 22.1 Å². The van der Waals surface area contributed by atoms with Crippen LogP contribution in [-0.4, -0.2) is 12.1 Å². The molecule has 1 aromatic carbocycles. The third-order valence-corrected chi connectivity index (χ3v) is 3.66. The molecule has 0 spiro atoms. The Kier molecular flexibility index (Phi) is 4.43. The third kappa shape index (κ3) is 3.21. The molecule has 2 N–H and O–H groups in total. The molecule has 0 radical (unpaired) electrons. The highest BCUT2D eigenvalue weighted by molar-refractivity contribution is 6.30. The van der Waals surface area contributed by atoms with Gasteiger partial charge in [0.15, 0.2) is 0 Å². The molecule has 0 aliphatic heterocycles. The number of hydrogen-bond acceptors (Lipinski definition) is 2. The standard InChI is InChI=1S/C14H20ClNO/c1-2-13(16)14(17-12-7-4-8-12)10-5-3-6-11(15)9-10/h3,5-6,9,12-14H,2,4,7-8,16H2,1H3. The molecule has 2 nitrogen and oxygen atoms in total. The minimum Gasteiger partial charge on any atom is -0.369 e. The summed E-state index contributed by atoms with van der Waals surface area (Å²) in [5.74, 6) is 0. The number of nitrogens with two attached hydrogens (primary N) is 1. The molecule has 2 unspecified atom stereocenters. The second kappa shape index (κ2) is 5.85. The van der Waals surface area contributed by atoms with Gasteiger partial charge in [0.25, 0.3) is 0 Å². The van der Waals surface area contributed by atoms with E-state index in [1.165, 1.54) is 6.42 Å². The number of rotatable bonds is 5. The van der Waals surface area contributed by atoms with Gasteiger partial charge < -0.3 is 10.5 Å². The zero-order valence-electron chi connectivity index (χ0n) is 10.2. The van der Waals surface area contributed by atoms with Crippen molar-refractivity contribution >= 4 is 11.6 Å². The van der Waals surface area contributed by atoms with E-state index in [-0.39, 0.29) is 12.1 Å². The third-order valence-electron chi connectivity index (χ3n) is 3.43. The summed E-state index contributed by atoms with van der Waals surface area (Å²) in [5, 5.41) is 0.744. The van der Waals surface area contributed by atoms with Crippen LogP contribution in [0.2, 0.25) is 5.02 Å². The van der Waals surface area contributed by atoms with Crippen molar-refractivity contribution < 1.29 is 4.74 Å². The number of hydrogen-bond donors (Lipinski definition) is 1. The lowest BCUT2D eigenvalue weighted by atomic mass is 9.94. The van der Waals surface area contributed by atoms with Gasteiger partial charge in [-0.05, 0) is 43.4 Å². The molecule has 1 fully saturated rings. The van der Waals surface area contributed by atoms with Gasteiger partial charge in [0.1, 0.15) is 0 Å². The molecule has 1 aliphatic rings. The van der Waals surface area contributed by atoms with Gasteiger partial charge in [0.05, 0.1) is 12.2 Å². The topological polar surface area (TPSA) is 35.2 Å². The fourth-order valence-corrected chi connectivity index (χ4v) is 2.24. The average molecular weight is 254 g/mol. The van der Waals surface area contributed by atoms with Gasteiger partial charge in [0.2, 0.25) is 0 Å². The van der Waals surface area contributed by atoms with Crippen LogP contribution in [0.15, 0.2) is 24.3 Å². The van der Waals surface area contributed by atoms with E-state index >= 15 is 0 Å². The number of benzene rings is 1. The minimum absolute atomic E-state index is 0.0241. The van der Waals surface area contributed by atoms with Crippen LogP contribution < -0.4 is 5.73 Å². The van der Waals surface area contributed by atoms with Crippen LogP contribution in [0, 0.1) is 0 Å². The molecule has 94 valence electrons. The molecule has 0 heterocycles. The Morgan fingerprint density at radius 1 is 1.47 bits per heavy atom. The first kappa shape index (κ1) is 12.9. The van der Waals surface area contributed by atoms with E-state index in [9.17, 15) is 0 Å². The van der Waals surface area contributed by atoms with E-state index in [2.05, 4.69) is 6.92 Å². The Hall–Kier alpha value is -0.570. The molecule has 0 saturated heterocycles. The average Bonchev–Trinajstić information content (AvgIpc) is 2.27. The summed E-state index contributed by atoms with van der Waals surface area (Å²) in [6, 6.07) is 7.87. The van der Waals surface area contributed by atoms with E-state index in [0.717, 1.165) is 29.8 Å². The minimum atomic E-state index is -0.0241. The Morgan fingerprint density at radius 2 is 2.24 bits per heavy atom. The Labute approximate surface area is 108 Å². The van der Waals surface area contributed by atoms with Gasteiger partial charge >= 0.3 is 0 Å². The molecule has 3 heteroatoms. The first-order valence-corrected chi connectivity index (χ1v) is 6.75.